The fourth-order valence-electron chi connectivity index (χ4n) is 7.63. The van der Waals surface area contributed by atoms with Crippen LogP contribution in [0.15, 0.2) is 97.6 Å². The van der Waals surface area contributed by atoms with Gasteiger partial charge in [0.25, 0.3) is 0 Å². The van der Waals surface area contributed by atoms with Gasteiger partial charge in [-0.05, 0) is 112 Å². The molecule has 0 aliphatic heterocycles. The zero-order chi connectivity index (χ0) is 41.8. The number of aryl methyl sites for hydroxylation is 2. The van der Waals surface area contributed by atoms with E-state index in [9.17, 15) is 19.0 Å². The van der Waals surface area contributed by atoms with Crippen molar-refractivity contribution in [1.82, 2.24) is 38.3 Å². The summed E-state index contributed by atoms with van der Waals surface area (Å²) in [6.07, 6.45) is 7.39. The predicted molar refractivity (Wildman–Crippen MR) is 224 cm³/mol. The minimum absolute atomic E-state index is 0.206. The van der Waals surface area contributed by atoms with E-state index in [2.05, 4.69) is 37.7 Å². The molecule has 2 N–H and O–H groups in total. The van der Waals surface area contributed by atoms with E-state index in [-0.39, 0.29) is 23.5 Å². The van der Waals surface area contributed by atoms with Gasteiger partial charge in [0.05, 0.1) is 35.2 Å². The van der Waals surface area contributed by atoms with Crippen molar-refractivity contribution in [3.63, 3.8) is 0 Å². The lowest BCUT2D eigenvalue weighted by atomic mass is 9.95. The zero-order valence-corrected chi connectivity index (χ0v) is 34.6. The number of hydrogen-bond acceptors (Lipinski definition) is 6. The van der Waals surface area contributed by atoms with Crippen LogP contribution in [0.2, 0.25) is 0 Å². The molecule has 8 aromatic rings. The van der Waals surface area contributed by atoms with Crippen LogP contribution in [-0.4, -0.2) is 48.5 Å². The Labute approximate surface area is 337 Å². The number of aliphatic hydroxyl groups is 2. The molecule has 58 heavy (non-hydrogen) atoms. The number of benzene rings is 2. The van der Waals surface area contributed by atoms with Gasteiger partial charge in [0.1, 0.15) is 39.8 Å². The highest BCUT2D eigenvalue weighted by atomic mass is 19.1. The number of aromatic nitrogens is 8. The van der Waals surface area contributed by atoms with E-state index in [1.807, 2.05) is 68.9 Å². The van der Waals surface area contributed by atoms with Crippen molar-refractivity contribution in [2.24, 2.45) is 14.1 Å². The quantitative estimate of drug-likeness (QED) is 0.159. The highest BCUT2D eigenvalue weighted by molar-refractivity contribution is 5.84. The molecule has 0 saturated carbocycles. The number of imidazole rings is 2. The van der Waals surface area contributed by atoms with Crippen LogP contribution in [0.3, 0.4) is 0 Å². The molecule has 6 heterocycles. The fourth-order valence-corrected chi connectivity index (χ4v) is 7.63. The first kappa shape index (κ1) is 40.2. The third kappa shape index (κ3) is 7.57. The molecule has 0 saturated heterocycles. The highest BCUT2D eigenvalue weighted by Gasteiger charge is 2.26. The molecule has 0 aliphatic rings. The van der Waals surface area contributed by atoms with Crippen molar-refractivity contribution in [1.29, 1.82) is 0 Å². The van der Waals surface area contributed by atoms with Crippen molar-refractivity contribution in [3.8, 4) is 44.8 Å². The first-order chi connectivity index (χ1) is 27.3. The van der Waals surface area contributed by atoms with Crippen molar-refractivity contribution < 1.29 is 19.0 Å². The third-order valence-corrected chi connectivity index (χ3v) is 10.3. The Morgan fingerprint density at radius 3 is 1.45 bits per heavy atom. The normalized spacial score (nSPS) is 12.3. The lowest BCUT2D eigenvalue weighted by Crippen LogP contribution is -2.18. The highest BCUT2D eigenvalue weighted by Crippen LogP contribution is 2.40. The van der Waals surface area contributed by atoms with E-state index in [0.717, 1.165) is 67.5 Å². The van der Waals surface area contributed by atoms with Gasteiger partial charge in [-0.1, -0.05) is 27.7 Å². The molecule has 12 heteroatoms. The van der Waals surface area contributed by atoms with Crippen LogP contribution in [0.25, 0.3) is 56.1 Å². The molecule has 0 fully saturated rings. The number of pyridine rings is 2. The van der Waals surface area contributed by atoms with E-state index in [0.29, 0.717) is 11.4 Å². The summed E-state index contributed by atoms with van der Waals surface area (Å²) >= 11 is 0. The SMILES string of the molecule is CC(C)c1c(-c2ccc3ncc(C(C)(C)O)n3c2)c(-c2ccc(F)cc2)nn1C.CC(C)c1nn(C)c(-c2ccc(F)cc2)c1-c1ccc2ncc(C(C)(C)O)n2c1. The molecule has 0 unspecified atom stereocenters. The third-order valence-electron chi connectivity index (χ3n) is 10.3. The number of nitrogens with zero attached hydrogens (tertiary/aromatic N) is 8. The second kappa shape index (κ2) is 15.1. The van der Waals surface area contributed by atoms with Crippen LogP contribution < -0.4 is 0 Å². The number of rotatable bonds is 8. The first-order valence-corrected chi connectivity index (χ1v) is 19.4. The summed E-state index contributed by atoms with van der Waals surface area (Å²) in [5.41, 5.74) is 10.4. The van der Waals surface area contributed by atoms with Crippen molar-refractivity contribution in [3.05, 3.63) is 132 Å². The van der Waals surface area contributed by atoms with Crippen LogP contribution in [0.4, 0.5) is 8.78 Å². The molecule has 0 amide bonds. The van der Waals surface area contributed by atoms with Gasteiger partial charge in [0.2, 0.25) is 0 Å². The standard InChI is InChI=1S/2C23H25FN4O/c1-14(2)22-20(21(26-27(22)5)15-6-9-17(24)10-7-15)16-8-11-19-25-12-18(23(3,4)29)28(19)13-16;1-14(2)21-20(22(27(5)26-21)15-6-9-17(24)10-7-15)16-8-11-19-25-12-18(23(3,4)29)28(19)13-16/h2*6-14,29H,1-5H3. The van der Waals surface area contributed by atoms with Crippen LogP contribution in [0.1, 0.15) is 90.0 Å². The summed E-state index contributed by atoms with van der Waals surface area (Å²) in [6.45, 7) is 15.5. The molecular weight excluding hydrogens is 735 g/mol. The van der Waals surface area contributed by atoms with Gasteiger partial charge in [0, 0.05) is 65.6 Å². The van der Waals surface area contributed by atoms with Crippen LogP contribution in [0, 0.1) is 11.6 Å². The lowest BCUT2D eigenvalue weighted by molar-refractivity contribution is 0.0724. The molecule has 8 rings (SSSR count). The second-order valence-electron chi connectivity index (χ2n) is 16.5. The Morgan fingerprint density at radius 1 is 0.552 bits per heavy atom. The largest absolute Gasteiger partial charge is 0.384 e. The number of halogens is 2. The summed E-state index contributed by atoms with van der Waals surface area (Å²) < 4.78 is 34.6. The maximum absolute atomic E-state index is 13.5. The number of hydrogen-bond donors (Lipinski definition) is 2. The Hall–Kier alpha value is -5.98. The van der Waals surface area contributed by atoms with E-state index in [4.69, 9.17) is 10.2 Å². The Balaban J connectivity index is 0.000000177. The van der Waals surface area contributed by atoms with Gasteiger partial charge >= 0.3 is 0 Å². The van der Waals surface area contributed by atoms with Gasteiger partial charge in [-0.25, -0.2) is 18.7 Å². The molecule has 0 atom stereocenters. The molecule has 0 radical (unpaired) electrons. The Bertz CT molecular complexity index is 2650. The van der Waals surface area contributed by atoms with Crippen molar-refractivity contribution >= 4 is 11.3 Å². The Kier molecular flexibility index (Phi) is 10.5. The maximum atomic E-state index is 13.5. The molecule has 6 aromatic heterocycles. The van der Waals surface area contributed by atoms with E-state index in [1.54, 1.807) is 64.4 Å². The molecule has 300 valence electrons. The molecular formula is C46H50F2N8O2. The summed E-state index contributed by atoms with van der Waals surface area (Å²) in [7, 11) is 3.84. The fraction of sp³-hybridized carbons (Fsp3) is 0.304. The molecule has 10 nitrogen and oxygen atoms in total. The topological polar surface area (TPSA) is 111 Å². The molecule has 2 aromatic carbocycles. The van der Waals surface area contributed by atoms with Gasteiger partial charge in [-0.2, -0.15) is 10.2 Å². The molecule has 0 aliphatic carbocycles. The van der Waals surface area contributed by atoms with E-state index < -0.39 is 11.2 Å². The van der Waals surface area contributed by atoms with E-state index >= 15 is 0 Å². The van der Waals surface area contributed by atoms with Crippen LogP contribution in [0.5, 0.6) is 0 Å². The van der Waals surface area contributed by atoms with Gasteiger partial charge in [-0.3, -0.25) is 9.36 Å². The summed E-state index contributed by atoms with van der Waals surface area (Å²) in [6, 6.07) is 20.8. The minimum atomic E-state index is -1.02. The van der Waals surface area contributed by atoms with Crippen molar-refractivity contribution in [2.45, 2.75) is 78.4 Å². The second-order valence-corrected chi connectivity index (χ2v) is 16.5. The van der Waals surface area contributed by atoms with E-state index in [1.165, 1.54) is 24.3 Å². The summed E-state index contributed by atoms with van der Waals surface area (Å²) in [4.78, 5) is 8.83. The van der Waals surface area contributed by atoms with Gasteiger partial charge in [-0.15, -0.1) is 0 Å². The average molecular weight is 785 g/mol. The van der Waals surface area contributed by atoms with Gasteiger partial charge in [0.15, 0.2) is 0 Å². The smallest absolute Gasteiger partial charge is 0.137 e. The summed E-state index contributed by atoms with van der Waals surface area (Å²) in [5.74, 6) is -0.0947. The maximum Gasteiger partial charge on any atom is 0.137 e. The molecule has 0 spiro atoms. The van der Waals surface area contributed by atoms with Crippen molar-refractivity contribution in [2.75, 3.05) is 0 Å². The Morgan fingerprint density at radius 2 is 1.00 bits per heavy atom. The zero-order valence-electron chi connectivity index (χ0n) is 34.6. The first-order valence-electron chi connectivity index (χ1n) is 19.4. The summed E-state index contributed by atoms with van der Waals surface area (Å²) in [5, 5.41) is 30.6. The van der Waals surface area contributed by atoms with Gasteiger partial charge < -0.3 is 19.0 Å². The number of fused-ring (bicyclic) bond motifs is 2. The average Bonchev–Trinajstić information content (AvgIpc) is 3.94. The van der Waals surface area contributed by atoms with Crippen LogP contribution >= 0.6 is 0 Å². The monoisotopic (exact) mass is 784 g/mol. The predicted octanol–water partition coefficient (Wildman–Crippen LogP) is 9.78. The minimum Gasteiger partial charge on any atom is -0.384 e. The van der Waals surface area contributed by atoms with Crippen LogP contribution in [-0.2, 0) is 25.3 Å². The lowest BCUT2D eigenvalue weighted by Gasteiger charge is -2.17. The molecule has 0 bridgehead atoms.